The Morgan fingerprint density at radius 1 is 1.26 bits per heavy atom. The summed E-state index contributed by atoms with van der Waals surface area (Å²) in [5.74, 6) is -0.312. The normalized spacial score (nSPS) is 17.9. The van der Waals surface area contributed by atoms with Gasteiger partial charge in [-0.05, 0) is 19.1 Å². The minimum Gasteiger partial charge on any atom is -0.489 e. The molecule has 1 fully saturated rings. The molecule has 1 saturated heterocycles. The molecule has 0 atom stereocenters. The van der Waals surface area contributed by atoms with E-state index >= 15 is 0 Å². The monoisotopic (exact) mass is 482 g/mol. The van der Waals surface area contributed by atoms with Gasteiger partial charge in [-0.1, -0.05) is 12.1 Å². The van der Waals surface area contributed by atoms with Gasteiger partial charge in [-0.15, -0.1) is 0 Å². The molecule has 1 amide bonds. The van der Waals surface area contributed by atoms with Gasteiger partial charge in [-0.3, -0.25) is 4.79 Å². The second-order valence-electron chi connectivity index (χ2n) is 9.10. The van der Waals surface area contributed by atoms with Crippen molar-refractivity contribution in [3.8, 4) is 17.2 Å². The van der Waals surface area contributed by atoms with Crippen LogP contribution in [0.5, 0.6) is 17.2 Å². The van der Waals surface area contributed by atoms with Crippen molar-refractivity contribution in [1.29, 1.82) is 0 Å². The lowest BCUT2D eigenvalue weighted by molar-refractivity contribution is -0.137. The molecule has 0 bridgehead atoms. The maximum atomic E-state index is 14.1. The van der Waals surface area contributed by atoms with Crippen LogP contribution in [-0.2, 0) is 23.7 Å². The molecule has 8 nitrogen and oxygen atoms in total. The zero-order valence-electron chi connectivity index (χ0n) is 19.4. The zero-order valence-corrected chi connectivity index (χ0v) is 19.4. The number of nitrogens with zero attached hydrogens (tertiary/aromatic N) is 3. The number of halogens is 2. The predicted molar refractivity (Wildman–Crippen MR) is 123 cm³/mol. The average molecular weight is 482 g/mol. The number of hydrogen-bond acceptors (Lipinski definition) is 7. The first-order chi connectivity index (χ1) is 16.8. The molecular formula is C25H24F2N4O4. The van der Waals surface area contributed by atoms with Gasteiger partial charge in [0.2, 0.25) is 5.91 Å². The summed E-state index contributed by atoms with van der Waals surface area (Å²) < 4.78 is 45.6. The molecule has 4 heterocycles. The summed E-state index contributed by atoms with van der Waals surface area (Å²) in [5, 5.41) is 4.06. The maximum Gasteiger partial charge on any atom is 0.310 e. The van der Waals surface area contributed by atoms with E-state index in [2.05, 4.69) is 15.3 Å². The molecule has 3 aliphatic heterocycles. The van der Waals surface area contributed by atoms with Crippen LogP contribution in [-0.4, -0.2) is 53.2 Å². The minimum absolute atomic E-state index is 0.0225. The van der Waals surface area contributed by atoms with E-state index in [1.807, 2.05) is 13.0 Å². The van der Waals surface area contributed by atoms with Gasteiger partial charge >= 0.3 is 5.92 Å². The number of hydrogen-bond donors (Lipinski definition) is 1. The Bertz CT molecular complexity index is 1360. The van der Waals surface area contributed by atoms with Crippen LogP contribution in [0.15, 0.2) is 24.3 Å². The molecule has 0 unspecified atom stereocenters. The van der Waals surface area contributed by atoms with Crippen LogP contribution in [0.4, 0.5) is 14.6 Å². The zero-order chi connectivity index (χ0) is 24.3. The summed E-state index contributed by atoms with van der Waals surface area (Å²) in [6.45, 7) is 4.55. The van der Waals surface area contributed by atoms with E-state index in [9.17, 15) is 13.6 Å². The van der Waals surface area contributed by atoms with Crippen molar-refractivity contribution in [3.63, 3.8) is 0 Å². The number of aryl methyl sites for hydroxylation is 1. The fourth-order valence-corrected chi connectivity index (χ4v) is 4.82. The summed E-state index contributed by atoms with van der Waals surface area (Å²) >= 11 is 0. The number of ether oxygens (including phenoxy) is 3. The average Bonchev–Trinajstić information content (AvgIpc) is 3.40. The smallest absolute Gasteiger partial charge is 0.310 e. The predicted octanol–water partition coefficient (Wildman–Crippen LogP) is 3.58. The van der Waals surface area contributed by atoms with Crippen LogP contribution < -0.4 is 19.5 Å². The second kappa shape index (κ2) is 7.93. The van der Waals surface area contributed by atoms with Crippen molar-refractivity contribution in [2.75, 3.05) is 31.6 Å². The summed E-state index contributed by atoms with van der Waals surface area (Å²) in [4.78, 5) is 22.5. The molecule has 10 heteroatoms. The highest BCUT2D eigenvalue weighted by atomic mass is 19.3. The van der Waals surface area contributed by atoms with Crippen LogP contribution in [0, 0.1) is 6.92 Å². The molecule has 0 saturated carbocycles. The highest BCUT2D eigenvalue weighted by Gasteiger charge is 2.42. The van der Waals surface area contributed by atoms with Gasteiger partial charge in [0.15, 0.2) is 18.1 Å². The van der Waals surface area contributed by atoms with E-state index in [1.54, 1.807) is 24.0 Å². The Balaban J connectivity index is 1.33. The second-order valence-corrected chi connectivity index (χ2v) is 9.10. The molecule has 3 aromatic rings. The van der Waals surface area contributed by atoms with Crippen LogP contribution in [0.1, 0.15) is 29.4 Å². The third-order valence-corrected chi connectivity index (χ3v) is 6.64. The van der Waals surface area contributed by atoms with E-state index in [0.717, 1.165) is 16.5 Å². The van der Waals surface area contributed by atoms with Crippen LogP contribution >= 0.6 is 0 Å². The van der Waals surface area contributed by atoms with E-state index in [4.69, 9.17) is 14.2 Å². The van der Waals surface area contributed by atoms with Gasteiger partial charge in [0, 0.05) is 36.4 Å². The van der Waals surface area contributed by atoms with Crippen LogP contribution in [0.2, 0.25) is 0 Å². The molecule has 0 spiro atoms. The van der Waals surface area contributed by atoms with Gasteiger partial charge in [0.05, 0.1) is 30.8 Å². The molecule has 0 radical (unpaired) electrons. The van der Waals surface area contributed by atoms with Gasteiger partial charge in [0.25, 0.3) is 0 Å². The highest BCUT2D eigenvalue weighted by Crippen LogP contribution is 2.45. The van der Waals surface area contributed by atoms with Gasteiger partial charge in [-0.2, -0.15) is 8.78 Å². The Kier molecular flexibility index (Phi) is 4.94. The van der Waals surface area contributed by atoms with Crippen molar-refractivity contribution in [2.24, 2.45) is 0 Å². The third kappa shape index (κ3) is 3.67. The number of carbonyl (C=O) groups is 1. The quantitative estimate of drug-likeness (QED) is 0.595. The first-order valence-electron chi connectivity index (χ1n) is 11.6. The lowest BCUT2D eigenvalue weighted by Gasteiger charge is -2.38. The number of anilines is 1. The number of likely N-dealkylation sites (tertiary alicyclic amines) is 1. The van der Waals surface area contributed by atoms with E-state index in [-0.39, 0.29) is 29.9 Å². The largest absolute Gasteiger partial charge is 0.489 e. The highest BCUT2D eigenvalue weighted by molar-refractivity contribution is 5.95. The number of fused-ring (bicyclic) bond motifs is 4. The number of benzene rings is 2. The number of aromatic nitrogens is 2. The van der Waals surface area contributed by atoms with Crippen molar-refractivity contribution in [1.82, 2.24) is 14.9 Å². The van der Waals surface area contributed by atoms with Crippen molar-refractivity contribution in [2.45, 2.75) is 38.8 Å². The standard InChI is InChI=1S/C25H24F2N4O4/c1-13-29-21-17-6-7-33-23(17)20(35-16-10-31(11-16)14(2)32)8-18(21)24(30-13)28-9-15-4-3-5-19-22(15)34-12-25(19,26)27/h3-5,8,16H,6-7,9-12H2,1-2H3,(H,28,29,30). The molecule has 3 aliphatic rings. The Labute approximate surface area is 200 Å². The van der Waals surface area contributed by atoms with Crippen molar-refractivity contribution in [3.05, 3.63) is 46.8 Å². The molecule has 1 aromatic heterocycles. The van der Waals surface area contributed by atoms with Gasteiger partial charge in [0.1, 0.15) is 23.5 Å². The summed E-state index contributed by atoms with van der Waals surface area (Å²) in [5.41, 5.74) is 2.27. The molecule has 182 valence electrons. The maximum absolute atomic E-state index is 14.1. The number of carbonyl (C=O) groups excluding carboxylic acids is 1. The molecule has 2 aromatic carbocycles. The first-order valence-corrected chi connectivity index (χ1v) is 11.6. The fourth-order valence-electron chi connectivity index (χ4n) is 4.82. The topological polar surface area (TPSA) is 85.8 Å². The number of nitrogens with one attached hydrogen (secondary N) is 1. The fraction of sp³-hybridized carbons (Fsp3) is 0.400. The SMILES string of the molecule is CC(=O)N1CC(Oc2cc3c(NCc4cccc5c4OCC5(F)F)nc(C)nc3c3c2OCC3)C1. The van der Waals surface area contributed by atoms with Crippen LogP contribution in [0.3, 0.4) is 0 Å². The number of alkyl halides is 2. The number of para-hydroxylation sites is 1. The summed E-state index contributed by atoms with van der Waals surface area (Å²) in [6, 6.07) is 6.64. The Hall–Kier alpha value is -3.69. The van der Waals surface area contributed by atoms with Crippen molar-refractivity contribution >= 4 is 22.6 Å². The molecule has 1 N–H and O–H groups in total. The number of amides is 1. The molecule has 0 aliphatic carbocycles. The third-order valence-electron chi connectivity index (χ3n) is 6.64. The van der Waals surface area contributed by atoms with Gasteiger partial charge in [-0.25, -0.2) is 9.97 Å². The Morgan fingerprint density at radius 3 is 2.89 bits per heavy atom. The van der Waals surface area contributed by atoms with E-state index in [0.29, 0.717) is 54.8 Å². The van der Waals surface area contributed by atoms with E-state index < -0.39 is 12.5 Å². The van der Waals surface area contributed by atoms with E-state index in [1.165, 1.54) is 6.07 Å². The summed E-state index contributed by atoms with van der Waals surface area (Å²) in [7, 11) is 0. The molecular weight excluding hydrogens is 458 g/mol. The molecule has 35 heavy (non-hydrogen) atoms. The lowest BCUT2D eigenvalue weighted by Crippen LogP contribution is -2.55. The molecule has 6 rings (SSSR count). The first kappa shape index (κ1) is 21.8. The minimum atomic E-state index is -2.99. The number of rotatable bonds is 5. The van der Waals surface area contributed by atoms with Gasteiger partial charge < -0.3 is 24.4 Å². The van der Waals surface area contributed by atoms with Crippen LogP contribution in [0.25, 0.3) is 10.9 Å². The Morgan fingerprint density at radius 2 is 2.09 bits per heavy atom. The lowest BCUT2D eigenvalue weighted by atomic mass is 10.0. The van der Waals surface area contributed by atoms with Crippen molar-refractivity contribution < 1.29 is 27.8 Å². The summed E-state index contributed by atoms with van der Waals surface area (Å²) in [6.07, 6.45) is 0.580.